The van der Waals surface area contributed by atoms with Gasteiger partial charge in [0.05, 0.1) is 5.37 Å². The third-order valence-corrected chi connectivity index (χ3v) is 6.71. The monoisotopic (exact) mass is 312 g/mol. The number of hydrogen-bond acceptors (Lipinski definition) is 3. The smallest absolute Gasteiger partial charge is 0.327 e. The highest BCUT2D eigenvalue weighted by Crippen LogP contribution is 2.46. The zero-order valence-corrected chi connectivity index (χ0v) is 13.4. The fourth-order valence-corrected chi connectivity index (χ4v) is 5.25. The average Bonchev–Trinajstić information content (AvgIpc) is 3.06. The van der Waals surface area contributed by atoms with Crippen LogP contribution in [-0.2, 0) is 4.79 Å². The number of amides is 2. The molecule has 0 aromatic rings. The van der Waals surface area contributed by atoms with Crippen molar-refractivity contribution in [1.82, 2.24) is 9.80 Å². The van der Waals surface area contributed by atoms with Gasteiger partial charge < -0.3 is 10.0 Å². The van der Waals surface area contributed by atoms with Gasteiger partial charge in [0.2, 0.25) is 0 Å². The first kappa shape index (κ1) is 15.0. The van der Waals surface area contributed by atoms with E-state index in [-0.39, 0.29) is 11.4 Å². The van der Waals surface area contributed by atoms with E-state index in [0.29, 0.717) is 11.2 Å². The number of carbonyl (C=O) groups is 2. The molecule has 2 aliphatic heterocycles. The van der Waals surface area contributed by atoms with Crippen molar-refractivity contribution in [3.8, 4) is 0 Å². The summed E-state index contributed by atoms with van der Waals surface area (Å²) < 4.78 is 0. The van der Waals surface area contributed by atoms with E-state index >= 15 is 0 Å². The predicted octanol–water partition coefficient (Wildman–Crippen LogP) is 2.61. The van der Waals surface area contributed by atoms with Crippen molar-refractivity contribution in [2.45, 2.75) is 56.9 Å². The van der Waals surface area contributed by atoms with Crippen molar-refractivity contribution >= 4 is 23.8 Å². The molecule has 0 bridgehead atoms. The van der Waals surface area contributed by atoms with Crippen LogP contribution in [0.5, 0.6) is 0 Å². The molecule has 5 nitrogen and oxygen atoms in total. The Labute approximate surface area is 130 Å². The third-order valence-electron chi connectivity index (χ3n) is 5.49. The molecule has 0 aromatic carbocycles. The first-order chi connectivity index (χ1) is 10.0. The molecule has 3 fully saturated rings. The van der Waals surface area contributed by atoms with E-state index in [2.05, 4.69) is 0 Å². The zero-order valence-electron chi connectivity index (χ0n) is 12.6. The van der Waals surface area contributed by atoms with E-state index in [4.69, 9.17) is 0 Å². The lowest BCUT2D eigenvalue weighted by Crippen LogP contribution is -2.53. The highest BCUT2D eigenvalue weighted by molar-refractivity contribution is 8.00. The van der Waals surface area contributed by atoms with Crippen LogP contribution in [-0.4, -0.2) is 57.2 Å². The molecule has 0 radical (unpaired) electrons. The number of thioether (sulfide) groups is 1. The summed E-state index contributed by atoms with van der Waals surface area (Å²) >= 11 is 1.55. The number of carbonyl (C=O) groups excluding carboxylic acids is 1. The molecule has 2 amide bonds. The van der Waals surface area contributed by atoms with Gasteiger partial charge in [-0.3, -0.25) is 4.90 Å². The number of rotatable bonds is 1. The van der Waals surface area contributed by atoms with Crippen molar-refractivity contribution in [3.63, 3.8) is 0 Å². The Bertz CT molecular complexity index is 427. The number of hydrogen-bond donors (Lipinski definition) is 1. The van der Waals surface area contributed by atoms with Crippen LogP contribution in [0.25, 0.3) is 0 Å². The summed E-state index contributed by atoms with van der Waals surface area (Å²) in [6.07, 6.45) is 7.45. The minimum atomic E-state index is -0.885. The molecule has 1 spiro atoms. The Morgan fingerprint density at radius 2 is 1.76 bits per heavy atom. The Morgan fingerprint density at radius 3 is 2.33 bits per heavy atom. The second-order valence-electron chi connectivity index (χ2n) is 6.67. The first-order valence-electron chi connectivity index (χ1n) is 7.94. The molecule has 1 aliphatic carbocycles. The molecule has 3 rings (SSSR count). The number of piperidine rings is 1. The van der Waals surface area contributed by atoms with Gasteiger partial charge in [0.25, 0.3) is 0 Å². The standard InChI is InChI=1S/C15H24N2O3S/c1-11-17(12(10-21-11)13(18)19)14(20)16-8-6-15(7-9-16)4-2-3-5-15/h11-12H,2-10H2,1H3,(H,18,19). The number of likely N-dealkylation sites (tertiary alicyclic amines) is 1. The fraction of sp³-hybridized carbons (Fsp3) is 0.867. The van der Waals surface area contributed by atoms with Crippen LogP contribution in [0.1, 0.15) is 45.4 Å². The van der Waals surface area contributed by atoms with Gasteiger partial charge in [0.1, 0.15) is 6.04 Å². The van der Waals surface area contributed by atoms with Crippen LogP contribution >= 0.6 is 11.8 Å². The quantitative estimate of drug-likeness (QED) is 0.808. The summed E-state index contributed by atoms with van der Waals surface area (Å²) in [5, 5.41) is 9.25. The molecule has 2 atom stereocenters. The highest BCUT2D eigenvalue weighted by atomic mass is 32.2. The van der Waals surface area contributed by atoms with Gasteiger partial charge in [-0.05, 0) is 38.0 Å². The van der Waals surface area contributed by atoms with Gasteiger partial charge in [0.15, 0.2) is 0 Å². The molecule has 1 N–H and O–H groups in total. The van der Waals surface area contributed by atoms with Gasteiger partial charge in [0, 0.05) is 18.8 Å². The molecule has 21 heavy (non-hydrogen) atoms. The molecule has 2 heterocycles. The summed E-state index contributed by atoms with van der Waals surface area (Å²) in [5.74, 6) is -0.385. The lowest BCUT2D eigenvalue weighted by atomic mass is 9.77. The maximum atomic E-state index is 12.7. The second kappa shape index (κ2) is 5.71. The normalized spacial score (nSPS) is 31.9. The maximum absolute atomic E-state index is 12.7. The van der Waals surface area contributed by atoms with Gasteiger partial charge >= 0.3 is 12.0 Å². The summed E-state index contributed by atoms with van der Waals surface area (Å²) in [6, 6.07) is -0.743. The van der Waals surface area contributed by atoms with Crippen molar-refractivity contribution in [2.24, 2.45) is 5.41 Å². The Hall–Kier alpha value is -0.910. The molecule has 0 aromatic heterocycles. The van der Waals surface area contributed by atoms with E-state index in [1.54, 1.807) is 16.7 Å². The minimum Gasteiger partial charge on any atom is -0.480 e. The molecule has 118 valence electrons. The molecule has 2 unspecified atom stereocenters. The summed E-state index contributed by atoms with van der Waals surface area (Å²) in [5.41, 5.74) is 0.481. The number of aliphatic carboxylic acids is 1. The van der Waals surface area contributed by atoms with Crippen LogP contribution in [0.15, 0.2) is 0 Å². The second-order valence-corrected chi connectivity index (χ2v) is 8.02. The SMILES string of the molecule is CC1SCC(C(=O)O)N1C(=O)N1CCC2(CCCC2)CC1. The van der Waals surface area contributed by atoms with Crippen LogP contribution < -0.4 is 0 Å². The van der Waals surface area contributed by atoms with Crippen LogP contribution in [0.3, 0.4) is 0 Å². The summed E-state index contributed by atoms with van der Waals surface area (Å²) in [6.45, 7) is 3.51. The molecular formula is C15H24N2O3S. The lowest BCUT2D eigenvalue weighted by Gasteiger charge is -2.41. The molecule has 3 aliphatic rings. The zero-order chi connectivity index (χ0) is 15.0. The highest BCUT2D eigenvalue weighted by Gasteiger charge is 2.44. The van der Waals surface area contributed by atoms with Crippen LogP contribution in [0, 0.1) is 5.41 Å². The van der Waals surface area contributed by atoms with E-state index in [0.717, 1.165) is 25.9 Å². The Morgan fingerprint density at radius 1 is 1.14 bits per heavy atom. The Kier molecular flexibility index (Phi) is 4.08. The third kappa shape index (κ3) is 2.74. The summed E-state index contributed by atoms with van der Waals surface area (Å²) in [7, 11) is 0. The first-order valence-corrected chi connectivity index (χ1v) is 8.99. The molecular weight excluding hydrogens is 288 g/mol. The number of urea groups is 1. The maximum Gasteiger partial charge on any atom is 0.327 e. The van der Waals surface area contributed by atoms with Crippen molar-refractivity contribution in [3.05, 3.63) is 0 Å². The Balaban J connectivity index is 1.64. The van der Waals surface area contributed by atoms with E-state index in [1.807, 2.05) is 11.8 Å². The van der Waals surface area contributed by atoms with E-state index < -0.39 is 12.0 Å². The fourth-order valence-electron chi connectivity index (χ4n) is 4.08. The predicted molar refractivity (Wildman–Crippen MR) is 82.3 cm³/mol. The van der Waals surface area contributed by atoms with Crippen molar-refractivity contribution < 1.29 is 14.7 Å². The van der Waals surface area contributed by atoms with E-state index in [9.17, 15) is 14.7 Å². The number of carboxylic acid groups (broad SMARTS) is 1. The molecule has 1 saturated carbocycles. The topological polar surface area (TPSA) is 60.9 Å². The minimum absolute atomic E-state index is 0.0408. The van der Waals surface area contributed by atoms with Gasteiger partial charge in [-0.2, -0.15) is 0 Å². The summed E-state index contributed by atoms with van der Waals surface area (Å²) in [4.78, 5) is 27.5. The number of nitrogens with zero attached hydrogens (tertiary/aromatic N) is 2. The largest absolute Gasteiger partial charge is 0.480 e. The van der Waals surface area contributed by atoms with Crippen LogP contribution in [0.4, 0.5) is 4.79 Å². The molecule has 2 saturated heterocycles. The van der Waals surface area contributed by atoms with Crippen molar-refractivity contribution in [1.29, 1.82) is 0 Å². The average molecular weight is 312 g/mol. The van der Waals surface area contributed by atoms with Gasteiger partial charge in [-0.1, -0.05) is 12.8 Å². The van der Waals surface area contributed by atoms with Crippen LogP contribution in [0.2, 0.25) is 0 Å². The lowest BCUT2D eigenvalue weighted by molar-refractivity contribution is -0.141. The van der Waals surface area contributed by atoms with E-state index in [1.165, 1.54) is 25.7 Å². The van der Waals surface area contributed by atoms with Gasteiger partial charge in [-0.15, -0.1) is 11.8 Å². The number of carboxylic acids is 1. The molecule has 6 heteroatoms. The van der Waals surface area contributed by atoms with Gasteiger partial charge in [-0.25, -0.2) is 9.59 Å². The van der Waals surface area contributed by atoms with Crippen molar-refractivity contribution in [2.75, 3.05) is 18.8 Å².